The van der Waals surface area contributed by atoms with Gasteiger partial charge in [0.1, 0.15) is 0 Å². The maximum Gasteiger partial charge on any atom is 0.164 e. The number of benzene rings is 11. The molecule has 6 nitrogen and oxygen atoms in total. The molecule has 0 amide bonds. The fraction of sp³-hybridized carbons (Fsp3) is 0.0417. The summed E-state index contributed by atoms with van der Waals surface area (Å²) in [5.41, 5.74) is 20.0. The van der Waals surface area contributed by atoms with Crippen LogP contribution in [0.15, 0.2) is 267 Å². The minimum atomic E-state index is -0.388. The first-order valence-electron chi connectivity index (χ1n) is 26.7. The number of hydrogen-bond donors (Lipinski definition) is 0. The monoisotopic (exact) mass is 998 g/mol. The molecule has 0 fully saturated rings. The Morgan fingerprint density at radius 1 is 0.269 bits per heavy atom. The zero-order chi connectivity index (χ0) is 51.9. The van der Waals surface area contributed by atoms with Gasteiger partial charge in [0.25, 0.3) is 0 Å². The molecule has 368 valence electrons. The third-order valence-corrected chi connectivity index (χ3v) is 15.9. The van der Waals surface area contributed by atoms with Crippen LogP contribution in [0.1, 0.15) is 25.0 Å². The van der Waals surface area contributed by atoms with Gasteiger partial charge in [-0.25, -0.2) is 15.0 Å². The average molecular weight is 999 g/mol. The molecule has 0 aliphatic carbocycles. The van der Waals surface area contributed by atoms with Crippen LogP contribution in [0.4, 0.5) is 17.1 Å². The van der Waals surface area contributed by atoms with E-state index in [0.717, 1.165) is 45.1 Å². The highest BCUT2D eigenvalue weighted by Crippen LogP contribution is 2.54. The van der Waals surface area contributed by atoms with Crippen molar-refractivity contribution in [3.8, 4) is 67.8 Å². The minimum Gasteiger partial charge on any atom is -0.310 e. The summed E-state index contributed by atoms with van der Waals surface area (Å²) >= 11 is 0. The Kier molecular flexibility index (Phi) is 10.4. The third-order valence-electron chi connectivity index (χ3n) is 15.9. The van der Waals surface area contributed by atoms with Crippen molar-refractivity contribution in [2.24, 2.45) is 0 Å². The van der Waals surface area contributed by atoms with Gasteiger partial charge in [0, 0.05) is 60.7 Å². The molecule has 0 atom stereocenters. The van der Waals surface area contributed by atoms with E-state index >= 15 is 0 Å². The fourth-order valence-corrected chi connectivity index (χ4v) is 12.1. The van der Waals surface area contributed by atoms with Gasteiger partial charge < -0.3 is 14.0 Å². The zero-order valence-electron chi connectivity index (χ0n) is 43.1. The normalized spacial score (nSPS) is 12.8. The second-order valence-electron chi connectivity index (χ2n) is 20.8. The van der Waals surface area contributed by atoms with E-state index in [0.29, 0.717) is 17.5 Å². The van der Waals surface area contributed by atoms with Gasteiger partial charge in [0.05, 0.1) is 33.4 Å². The Morgan fingerprint density at radius 3 is 1.04 bits per heavy atom. The number of rotatable bonds is 8. The molecule has 0 bridgehead atoms. The number of aromatic nitrogens is 5. The molecule has 0 N–H and O–H groups in total. The fourth-order valence-electron chi connectivity index (χ4n) is 12.1. The molecule has 15 rings (SSSR count). The van der Waals surface area contributed by atoms with E-state index in [1.165, 1.54) is 77.0 Å². The van der Waals surface area contributed by atoms with E-state index in [4.69, 9.17) is 15.0 Å². The van der Waals surface area contributed by atoms with E-state index in [-0.39, 0.29) is 5.41 Å². The zero-order valence-corrected chi connectivity index (χ0v) is 43.1. The predicted molar refractivity (Wildman–Crippen MR) is 322 cm³/mol. The quantitative estimate of drug-likeness (QED) is 0.152. The van der Waals surface area contributed by atoms with E-state index in [1.54, 1.807) is 0 Å². The second-order valence-corrected chi connectivity index (χ2v) is 20.8. The topological polar surface area (TPSA) is 51.8 Å². The Morgan fingerprint density at radius 2 is 0.603 bits per heavy atom. The SMILES string of the molecule is CC1(C)c2cc(-c3ccc4c(c3)c3ccccc3n4-c3ccccc3)ccc2N(c2ccc(-c3nc(-c4ccccc4)nc(-c4ccccc4)n3)cc2)c2ccc(-c3ccc4c(c3)c3ccccc3n4-c3ccccc3)cc21. The molecule has 11 aromatic carbocycles. The molecule has 14 aromatic rings. The molecular weight excluding hydrogens is 949 g/mol. The van der Waals surface area contributed by atoms with E-state index in [1.807, 2.05) is 60.7 Å². The van der Waals surface area contributed by atoms with Crippen LogP contribution < -0.4 is 4.90 Å². The summed E-state index contributed by atoms with van der Waals surface area (Å²) in [4.78, 5) is 17.6. The van der Waals surface area contributed by atoms with Crippen molar-refractivity contribution in [2.75, 3.05) is 4.90 Å². The van der Waals surface area contributed by atoms with Gasteiger partial charge >= 0.3 is 0 Å². The van der Waals surface area contributed by atoms with Gasteiger partial charge in [-0.05, 0) is 143 Å². The van der Waals surface area contributed by atoms with Crippen LogP contribution in [0.3, 0.4) is 0 Å². The van der Waals surface area contributed by atoms with Crippen molar-refractivity contribution in [3.63, 3.8) is 0 Å². The average Bonchev–Trinajstić information content (AvgIpc) is 4.13. The van der Waals surface area contributed by atoms with Crippen LogP contribution in [0.2, 0.25) is 0 Å². The molecule has 3 aromatic heterocycles. The second kappa shape index (κ2) is 18.0. The number of hydrogen-bond acceptors (Lipinski definition) is 4. The lowest BCUT2D eigenvalue weighted by atomic mass is 9.72. The highest BCUT2D eigenvalue weighted by molar-refractivity contribution is 6.12. The lowest BCUT2D eigenvalue weighted by molar-refractivity contribution is 0.632. The van der Waals surface area contributed by atoms with Crippen LogP contribution in [0, 0.1) is 0 Å². The van der Waals surface area contributed by atoms with Crippen molar-refractivity contribution in [3.05, 3.63) is 278 Å². The van der Waals surface area contributed by atoms with Gasteiger partial charge in [-0.1, -0.05) is 172 Å². The molecule has 0 unspecified atom stereocenters. The van der Waals surface area contributed by atoms with Crippen molar-refractivity contribution in [1.29, 1.82) is 0 Å². The lowest BCUT2D eigenvalue weighted by Crippen LogP contribution is -2.30. The van der Waals surface area contributed by atoms with Gasteiger partial charge in [-0.3, -0.25) is 0 Å². The molecule has 0 radical (unpaired) electrons. The third kappa shape index (κ3) is 7.36. The van der Waals surface area contributed by atoms with Crippen LogP contribution >= 0.6 is 0 Å². The number of anilines is 3. The summed E-state index contributed by atoms with van der Waals surface area (Å²) < 4.78 is 4.76. The summed E-state index contributed by atoms with van der Waals surface area (Å²) in [6.45, 7) is 4.78. The van der Waals surface area contributed by atoms with Gasteiger partial charge in [-0.15, -0.1) is 0 Å². The first-order chi connectivity index (χ1) is 38.4. The predicted octanol–water partition coefficient (Wildman–Crippen LogP) is 18.5. The smallest absolute Gasteiger partial charge is 0.164 e. The van der Waals surface area contributed by atoms with Crippen molar-refractivity contribution in [1.82, 2.24) is 24.1 Å². The maximum absolute atomic E-state index is 5.08. The summed E-state index contributed by atoms with van der Waals surface area (Å²) in [5.74, 6) is 1.90. The first-order valence-corrected chi connectivity index (χ1v) is 26.7. The number of fused-ring (bicyclic) bond motifs is 8. The first kappa shape index (κ1) is 45.2. The molecule has 6 heteroatoms. The van der Waals surface area contributed by atoms with Crippen molar-refractivity contribution >= 4 is 60.7 Å². The van der Waals surface area contributed by atoms with Crippen LogP contribution in [0.25, 0.3) is 111 Å². The van der Waals surface area contributed by atoms with Gasteiger partial charge in [0.15, 0.2) is 17.5 Å². The van der Waals surface area contributed by atoms with Crippen molar-refractivity contribution < 1.29 is 0 Å². The Bertz CT molecular complexity index is 4350. The molecule has 0 spiro atoms. The largest absolute Gasteiger partial charge is 0.310 e. The van der Waals surface area contributed by atoms with Crippen LogP contribution in [0.5, 0.6) is 0 Å². The van der Waals surface area contributed by atoms with E-state index < -0.39 is 0 Å². The molecule has 0 saturated heterocycles. The summed E-state index contributed by atoms with van der Waals surface area (Å²) in [6, 6.07) is 96.0. The molecule has 4 heterocycles. The van der Waals surface area contributed by atoms with E-state index in [2.05, 4.69) is 234 Å². The van der Waals surface area contributed by atoms with Crippen LogP contribution in [-0.2, 0) is 5.41 Å². The summed E-state index contributed by atoms with van der Waals surface area (Å²) in [5, 5.41) is 4.93. The Hall–Kier alpha value is -10.2. The molecule has 0 saturated carbocycles. The summed E-state index contributed by atoms with van der Waals surface area (Å²) in [6.07, 6.45) is 0. The molecular formula is C72H50N6. The highest BCUT2D eigenvalue weighted by atomic mass is 15.2. The van der Waals surface area contributed by atoms with Crippen molar-refractivity contribution in [2.45, 2.75) is 19.3 Å². The highest BCUT2D eigenvalue weighted by Gasteiger charge is 2.38. The van der Waals surface area contributed by atoms with Gasteiger partial charge in [0.2, 0.25) is 0 Å². The maximum atomic E-state index is 5.08. The minimum absolute atomic E-state index is 0.388. The molecule has 1 aliphatic heterocycles. The summed E-state index contributed by atoms with van der Waals surface area (Å²) in [7, 11) is 0. The van der Waals surface area contributed by atoms with E-state index in [9.17, 15) is 0 Å². The van der Waals surface area contributed by atoms with Gasteiger partial charge in [-0.2, -0.15) is 0 Å². The number of para-hydroxylation sites is 4. The lowest BCUT2D eigenvalue weighted by Gasteiger charge is -2.42. The number of nitrogens with zero attached hydrogens (tertiary/aromatic N) is 6. The molecule has 1 aliphatic rings. The van der Waals surface area contributed by atoms with Crippen LogP contribution in [-0.4, -0.2) is 24.1 Å². The standard InChI is InChI=1S/C72H50N6/c1-72(2)61-45-52(50-33-39-65-59(43-50)57-27-15-17-29-63(57)76(65)54-23-11-5-12-24-54)35-41-67(61)78(56-37-31-49(32-38-56)71-74-69(47-19-7-3-8-20-47)73-70(75-71)48-21-9-4-10-22-48)68-42-36-53(46-62(68)72)51-34-40-66-60(44-51)58-28-16-18-30-64(58)77(66)55-25-13-6-14-26-55/h3-46H,1-2H3. The molecule has 78 heavy (non-hydrogen) atoms. The Balaban J connectivity index is 0.882. The Labute approximate surface area is 452 Å².